The van der Waals surface area contributed by atoms with Crippen LogP contribution in [0.3, 0.4) is 0 Å². The summed E-state index contributed by atoms with van der Waals surface area (Å²) in [5, 5.41) is 1.67. The van der Waals surface area contributed by atoms with E-state index < -0.39 is 16.0 Å². The maximum absolute atomic E-state index is 13.2. The highest BCUT2D eigenvalue weighted by atomic mass is 32.2. The van der Waals surface area contributed by atoms with Gasteiger partial charge < -0.3 is 4.74 Å². The number of carbonyl (C=O) groups is 1. The van der Waals surface area contributed by atoms with Gasteiger partial charge in [-0.15, -0.1) is 11.3 Å². The Morgan fingerprint density at radius 2 is 1.71 bits per heavy atom. The van der Waals surface area contributed by atoms with Gasteiger partial charge in [0.05, 0.1) is 7.11 Å². The first-order valence-corrected chi connectivity index (χ1v) is 11.1. The maximum Gasteiger partial charge on any atom is 0.349 e. The topological polar surface area (TPSA) is 72.5 Å². The molecule has 3 rings (SSSR count). The molecular weight excluding hydrogens is 394 g/mol. The van der Waals surface area contributed by atoms with Crippen molar-refractivity contribution in [3.63, 3.8) is 0 Å². The quantitative estimate of drug-likeness (QED) is 0.583. The Labute approximate surface area is 169 Å². The molecule has 1 heterocycles. The van der Waals surface area contributed by atoms with Crippen molar-refractivity contribution < 1.29 is 17.9 Å². The molecule has 5 nitrogen and oxygen atoms in total. The molecule has 0 aliphatic heterocycles. The van der Waals surface area contributed by atoms with Crippen LogP contribution in [0.1, 0.15) is 27.7 Å². The van der Waals surface area contributed by atoms with E-state index in [-0.39, 0.29) is 9.77 Å². The molecule has 0 spiro atoms. The number of ether oxygens (including phenoxy) is 1. The van der Waals surface area contributed by atoms with E-state index in [2.05, 4.69) is 4.72 Å². The molecule has 1 aromatic heterocycles. The van der Waals surface area contributed by atoms with Gasteiger partial charge >= 0.3 is 5.97 Å². The van der Waals surface area contributed by atoms with Crippen molar-refractivity contribution in [2.45, 2.75) is 25.2 Å². The summed E-state index contributed by atoms with van der Waals surface area (Å²) in [7, 11) is -2.77. The number of aryl methyl sites for hydroxylation is 2. The fourth-order valence-corrected chi connectivity index (χ4v) is 5.57. The Morgan fingerprint density at radius 1 is 1.07 bits per heavy atom. The lowest BCUT2D eigenvalue weighted by molar-refractivity contribution is 0.0602. The van der Waals surface area contributed by atoms with E-state index in [1.165, 1.54) is 7.11 Å². The molecule has 3 aromatic rings. The lowest BCUT2D eigenvalue weighted by Crippen LogP contribution is -2.16. The molecule has 0 radical (unpaired) electrons. The van der Waals surface area contributed by atoms with Crippen LogP contribution in [-0.4, -0.2) is 21.5 Å². The van der Waals surface area contributed by atoms with Crippen molar-refractivity contribution in [3.8, 4) is 11.1 Å². The Bertz CT molecular complexity index is 1080. The number of anilines is 1. The van der Waals surface area contributed by atoms with E-state index in [0.717, 1.165) is 34.4 Å². The summed E-state index contributed by atoms with van der Waals surface area (Å²) in [6.45, 7) is 3.98. The van der Waals surface area contributed by atoms with Crippen LogP contribution in [0.15, 0.2) is 58.8 Å². The molecule has 7 heteroatoms. The first kappa shape index (κ1) is 20.1. The second-order valence-electron chi connectivity index (χ2n) is 6.32. The van der Waals surface area contributed by atoms with Crippen molar-refractivity contribution in [1.29, 1.82) is 0 Å². The van der Waals surface area contributed by atoms with Gasteiger partial charge in [0.15, 0.2) is 0 Å². The molecule has 0 aliphatic rings. The summed E-state index contributed by atoms with van der Waals surface area (Å²) in [6.07, 6.45) is 0.863. The van der Waals surface area contributed by atoms with Crippen LogP contribution in [0.25, 0.3) is 11.1 Å². The second kappa shape index (κ2) is 8.16. The lowest BCUT2D eigenvalue weighted by atomic mass is 10.1. The van der Waals surface area contributed by atoms with E-state index in [1.807, 2.05) is 50.2 Å². The summed E-state index contributed by atoms with van der Waals surface area (Å²) in [5.74, 6) is -0.676. The average Bonchev–Trinajstić information content (AvgIpc) is 3.14. The average molecular weight is 416 g/mol. The number of carbonyl (C=O) groups excluding carboxylic acids is 1. The fraction of sp³-hybridized carbons (Fsp3) is 0.190. The minimum absolute atomic E-state index is 0.0516. The zero-order valence-electron chi connectivity index (χ0n) is 15.9. The zero-order valence-corrected chi connectivity index (χ0v) is 17.5. The lowest BCUT2D eigenvalue weighted by Gasteiger charge is -2.12. The Kier molecular flexibility index (Phi) is 5.86. The third kappa shape index (κ3) is 4.10. The Hall–Kier alpha value is -2.64. The van der Waals surface area contributed by atoms with Gasteiger partial charge in [-0.3, -0.25) is 4.72 Å². The fourth-order valence-electron chi connectivity index (χ4n) is 2.79. The monoisotopic (exact) mass is 415 g/mol. The summed E-state index contributed by atoms with van der Waals surface area (Å²) in [4.78, 5) is 12.2. The van der Waals surface area contributed by atoms with Crippen LogP contribution < -0.4 is 4.72 Å². The third-order valence-electron chi connectivity index (χ3n) is 4.36. The molecule has 2 aromatic carbocycles. The largest absolute Gasteiger partial charge is 0.465 e. The van der Waals surface area contributed by atoms with Crippen LogP contribution in [0.5, 0.6) is 0 Å². The van der Waals surface area contributed by atoms with E-state index in [0.29, 0.717) is 11.3 Å². The highest BCUT2D eigenvalue weighted by Crippen LogP contribution is 2.36. The van der Waals surface area contributed by atoms with Gasteiger partial charge in [0.2, 0.25) is 0 Å². The van der Waals surface area contributed by atoms with Crippen molar-refractivity contribution >= 4 is 33.0 Å². The molecule has 0 amide bonds. The first-order chi connectivity index (χ1) is 13.4. The summed E-state index contributed by atoms with van der Waals surface area (Å²) >= 11 is 1.06. The molecule has 28 heavy (non-hydrogen) atoms. The van der Waals surface area contributed by atoms with Gasteiger partial charge in [0.1, 0.15) is 9.77 Å². The van der Waals surface area contributed by atoms with Gasteiger partial charge in [-0.1, -0.05) is 48.9 Å². The SMILES string of the molecule is CCc1ccc(NS(=O)(=O)c2c(-c3ccc(C)cc3)csc2C(=O)OC)cc1. The molecule has 146 valence electrons. The van der Waals surface area contributed by atoms with Gasteiger partial charge in [-0.05, 0) is 36.6 Å². The van der Waals surface area contributed by atoms with Crippen LogP contribution in [-0.2, 0) is 21.2 Å². The van der Waals surface area contributed by atoms with Crippen molar-refractivity contribution in [2.24, 2.45) is 0 Å². The van der Waals surface area contributed by atoms with Crippen molar-refractivity contribution in [3.05, 3.63) is 69.9 Å². The maximum atomic E-state index is 13.2. The molecule has 0 bridgehead atoms. The Balaban J connectivity index is 2.09. The molecule has 0 aliphatic carbocycles. The number of hydrogen-bond donors (Lipinski definition) is 1. The van der Waals surface area contributed by atoms with E-state index >= 15 is 0 Å². The molecular formula is C21H21NO4S2. The number of thiophene rings is 1. The highest BCUT2D eigenvalue weighted by molar-refractivity contribution is 7.93. The van der Waals surface area contributed by atoms with Crippen LogP contribution in [0.2, 0.25) is 0 Å². The van der Waals surface area contributed by atoms with Crippen LogP contribution in [0, 0.1) is 6.92 Å². The normalized spacial score (nSPS) is 11.2. The first-order valence-electron chi connectivity index (χ1n) is 8.74. The number of sulfonamides is 1. The van der Waals surface area contributed by atoms with E-state index in [1.54, 1.807) is 17.5 Å². The van der Waals surface area contributed by atoms with Crippen LogP contribution >= 0.6 is 11.3 Å². The molecule has 1 N–H and O–H groups in total. The third-order valence-corrected chi connectivity index (χ3v) is 6.92. The minimum Gasteiger partial charge on any atom is -0.465 e. The summed E-state index contributed by atoms with van der Waals surface area (Å²) < 4.78 is 33.8. The predicted molar refractivity (Wildman–Crippen MR) is 112 cm³/mol. The number of methoxy groups -OCH3 is 1. The number of nitrogens with one attached hydrogen (secondary N) is 1. The zero-order chi connectivity index (χ0) is 20.3. The molecule has 0 saturated carbocycles. The van der Waals surface area contributed by atoms with Crippen LogP contribution in [0.4, 0.5) is 5.69 Å². The van der Waals surface area contributed by atoms with Gasteiger partial charge in [-0.25, -0.2) is 13.2 Å². The minimum atomic E-state index is -4.00. The number of hydrogen-bond acceptors (Lipinski definition) is 5. The summed E-state index contributed by atoms with van der Waals surface area (Å²) in [6, 6.07) is 14.6. The van der Waals surface area contributed by atoms with Gasteiger partial charge in [-0.2, -0.15) is 0 Å². The summed E-state index contributed by atoms with van der Waals surface area (Å²) in [5.41, 5.74) is 3.80. The number of rotatable bonds is 6. The van der Waals surface area contributed by atoms with Crippen molar-refractivity contribution in [1.82, 2.24) is 0 Å². The van der Waals surface area contributed by atoms with E-state index in [4.69, 9.17) is 4.74 Å². The smallest absolute Gasteiger partial charge is 0.349 e. The van der Waals surface area contributed by atoms with Crippen molar-refractivity contribution in [2.75, 3.05) is 11.8 Å². The van der Waals surface area contributed by atoms with Gasteiger partial charge in [0.25, 0.3) is 10.0 Å². The molecule has 0 atom stereocenters. The standard InChI is InChI=1S/C21H21NO4S2/c1-4-15-7-11-17(12-8-15)22-28(24,25)20-18(13-27-19(20)21(23)26-3)16-9-5-14(2)6-10-16/h5-13,22H,4H2,1-3H3. The van der Waals surface area contributed by atoms with Gasteiger partial charge in [0, 0.05) is 16.6 Å². The highest BCUT2D eigenvalue weighted by Gasteiger charge is 2.30. The predicted octanol–water partition coefficient (Wildman–Crippen LogP) is 4.87. The second-order valence-corrected chi connectivity index (χ2v) is 8.82. The molecule has 0 saturated heterocycles. The molecule has 0 fully saturated rings. The Morgan fingerprint density at radius 3 is 2.29 bits per heavy atom. The van der Waals surface area contributed by atoms with E-state index in [9.17, 15) is 13.2 Å². The molecule has 0 unspecified atom stereocenters. The number of benzene rings is 2. The number of esters is 1.